The molecule has 0 radical (unpaired) electrons. The van der Waals surface area contributed by atoms with Gasteiger partial charge in [0, 0.05) is 43.8 Å². The molecule has 0 spiro atoms. The van der Waals surface area contributed by atoms with Crippen molar-refractivity contribution in [3.05, 3.63) is 81.1 Å². The molecular formula is C32H40Cl2N6O4. The van der Waals surface area contributed by atoms with Gasteiger partial charge in [0.25, 0.3) is 5.91 Å². The Kier molecular flexibility index (Phi) is 9.84. The van der Waals surface area contributed by atoms with Crippen molar-refractivity contribution in [1.82, 2.24) is 29.7 Å². The summed E-state index contributed by atoms with van der Waals surface area (Å²) in [6.45, 7) is 13.6. The quantitative estimate of drug-likeness (QED) is 0.342. The van der Waals surface area contributed by atoms with Crippen molar-refractivity contribution in [2.45, 2.75) is 71.5 Å². The van der Waals surface area contributed by atoms with Crippen molar-refractivity contribution in [1.29, 1.82) is 0 Å². The Bertz CT molecular complexity index is 1460. The fourth-order valence-electron chi connectivity index (χ4n) is 5.69. The molecule has 1 unspecified atom stereocenters. The van der Waals surface area contributed by atoms with Crippen LogP contribution in [0.1, 0.15) is 67.9 Å². The van der Waals surface area contributed by atoms with E-state index in [0.29, 0.717) is 61.5 Å². The highest BCUT2D eigenvalue weighted by atomic mass is 35.5. The highest BCUT2D eigenvalue weighted by molar-refractivity contribution is 6.42. The maximum Gasteiger partial charge on any atom is 0.410 e. The summed E-state index contributed by atoms with van der Waals surface area (Å²) in [6.07, 6.45) is 1.42. The lowest BCUT2D eigenvalue weighted by Crippen LogP contribution is -2.58. The van der Waals surface area contributed by atoms with Crippen molar-refractivity contribution in [3.63, 3.8) is 0 Å². The van der Waals surface area contributed by atoms with E-state index in [1.54, 1.807) is 17.0 Å². The van der Waals surface area contributed by atoms with Crippen molar-refractivity contribution in [2.24, 2.45) is 0 Å². The van der Waals surface area contributed by atoms with Crippen LogP contribution >= 0.6 is 23.2 Å². The van der Waals surface area contributed by atoms with E-state index in [2.05, 4.69) is 29.1 Å². The van der Waals surface area contributed by atoms with Crippen molar-refractivity contribution >= 4 is 35.2 Å². The molecule has 0 aliphatic carbocycles. The third-order valence-corrected chi connectivity index (χ3v) is 8.64. The van der Waals surface area contributed by atoms with E-state index in [9.17, 15) is 9.59 Å². The van der Waals surface area contributed by atoms with Gasteiger partial charge in [-0.05, 0) is 70.0 Å². The number of amides is 2. The lowest BCUT2D eigenvalue weighted by atomic mass is 10.1. The summed E-state index contributed by atoms with van der Waals surface area (Å²) in [4.78, 5) is 31.8. The monoisotopic (exact) mass is 642 g/mol. The molecule has 236 valence electrons. The number of aromatic nitrogens is 3. The van der Waals surface area contributed by atoms with Crippen LogP contribution in [-0.4, -0.2) is 92.2 Å². The first-order valence-electron chi connectivity index (χ1n) is 14.9. The largest absolute Gasteiger partial charge is 0.444 e. The molecule has 3 atom stereocenters. The smallest absolute Gasteiger partial charge is 0.410 e. The number of benzene rings is 2. The van der Waals surface area contributed by atoms with Crippen LogP contribution in [0, 0.1) is 0 Å². The Morgan fingerprint density at radius 1 is 0.955 bits per heavy atom. The molecule has 3 aromatic rings. The maximum absolute atomic E-state index is 13.3. The minimum absolute atomic E-state index is 0.0389. The molecular weight excluding hydrogens is 603 g/mol. The molecule has 44 heavy (non-hydrogen) atoms. The van der Waals surface area contributed by atoms with E-state index in [1.165, 1.54) is 0 Å². The van der Waals surface area contributed by atoms with Gasteiger partial charge in [0.05, 0.1) is 41.6 Å². The Morgan fingerprint density at radius 3 is 2.32 bits per heavy atom. The lowest BCUT2D eigenvalue weighted by Gasteiger charge is -2.44. The molecule has 2 amide bonds. The highest BCUT2D eigenvalue weighted by Crippen LogP contribution is 2.29. The molecule has 2 aliphatic heterocycles. The van der Waals surface area contributed by atoms with E-state index >= 15 is 0 Å². The normalized spacial score (nSPS) is 21.4. The van der Waals surface area contributed by atoms with Crippen LogP contribution in [-0.2, 0) is 22.6 Å². The van der Waals surface area contributed by atoms with Gasteiger partial charge in [-0.3, -0.25) is 9.69 Å². The highest BCUT2D eigenvalue weighted by Gasteiger charge is 2.34. The number of ether oxygens (including phenoxy) is 2. The summed E-state index contributed by atoms with van der Waals surface area (Å²) in [5, 5.41) is 9.70. The van der Waals surface area contributed by atoms with Gasteiger partial charge in [0.2, 0.25) is 0 Å². The molecule has 5 rings (SSSR count). The van der Waals surface area contributed by atoms with Crippen LogP contribution in [0.3, 0.4) is 0 Å². The standard InChI is InChI=1S/C32H40Cl2N6O4/c1-21-15-38(31(42)44-32(3,4)5)16-22(2)40(21)19-26-18-39(36-35-26)17-23-6-8-24(9-7-23)30(41)37-12-13-43-29(20-37)25-10-11-27(33)28(34)14-25/h6-11,14,18,21-22,29H,12-13,15-17,19-20H2,1-5H3/t21-,22+,29?. The molecule has 1 aromatic heterocycles. The van der Waals surface area contributed by atoms with Crippen molar-refractivity contribution in [2.75, 3.05) is 32.8 Å². The second kappa shape index (κ2) is 13.4. The SMILES string of the molecule is C[C@@H]1CN(C(=O)OC(C)(C)C)C[C@H](C)N1Cc1cn(Cc2ccc(C(=O)N3CCOC(c4ccc(Cl)c(Cl)c4)C3)cc2)nn1. The predicted octanol–water partition coefficient (Wildman–Crippen LogP) is 5.68. The Hall–Kier alpha value is -3.18. The average molecular weight is 644 g/mol. The summed E-state index contributed by atoms with van der Waals surface area (Å²) < 4.78 is 13.3. The summed E-state index contributed by atoms with van der Waals surface area (Å²) in [5.74, 6) is -0.0389. The van der Waals surface area contributed by atoms with Crippen molar-refractivity contribution in [3.8, 4) is 0 Å². The van der Waals surface area contributed by atoms with Gasteiger partial charge in [-0.2, -0.15) is 0 Å². The number of carbonyl (C=O) groups excluding carboxylic acids is 2. The fraction of sp³-hybridized carbons (Fsp3) is 0.500. The van der Waals surface area contributed by atoms with Gasteiger partial charge < -0.3 is 19.3 Å². The Labute approximate surface area is 268 Å². The van der Waals surface area contributed by atoms with Gasteiger partial charge in [0.15, 0.2) is 0 Å². The average Bonchev–Trinajstić information content (AvgIpc) is 3.42. The van der Waals surface area contributed by atoms with Crippen LogP contribution in [0.5, 0.6) is 0 Å². The molecule has 3 heterocycles. The first kappa shape index (κ1) is 32.2. The molecule has 0 bridgehead atoms. The molecule has 12 heteroatoms. The number of nitrogens with zero attached hydrogens (tertiary/aromatic N) is 6. The minimum Gasteiger partial charge on any atom is -0.444 e. The molecule has 2 fully saturated rings. The molecule has 0 N–H and O–H groups in total. The molecule has 2 aromatic carbocycles. The number of rotatable bonds is 6. The van der Waals surface area contributed by atoms with E-state index in [1.807, 2.05) is 66.9 Å². The van der Waals surface area contributed by atoms with Crippen LogP contribution in [0.2, 0.25) is 10.0 Å². The summed E-state index contributed by atoms with van der Waals surface area (Å²) in [5.41, 5.74) is 2.88. The zero-order valence-electron chi connectivity index (χ0n) is 25.9. The Balaban J connectivity index is 1.15. The van der Waals surface area contributed by atoms with Crippen LogP contribution in [0.25, 0.3) is 0 Å². The third-order valence-electron chi connectivity index (χ3n) is 7.90. The molecule has 0 saturated carbocycles. The van der Waals surface area contributed by atoms with Gasteiger partial charge in [-0.25, -0.2) is 9.48 Å². The summed E-state index contributed by atoms with van der Waals surface area (Å²) >= 11 is 12.3. The number of piperazine rings is 1. The second-order valence-electron chi connectivity index (χ2n) is 12.6. The van der Waals surface area contributed by atoms with Crippen LogP contribution in [0.15, 0.2) is 48.7 Å². The zero-order valence-corrected chi connectivity index (χ0v) is 27.4. The second-order valence-corrected chi connectivity index (χ2v) is 13.5. The molecule has 10 nitrogen and oxygen atoms in total. The number of hydrogen-bond donors (Lipinski definition) is 0. The topological polar surface area (TPSA) is 93.0 Å². The predicted molar refractivity (Wildman–Crippen MR) is 169 cm³/mol. The summed E-state index contributed by atoms with van der Waals surface area (Å²) in [6, 6.07) is 13.3. The van der Waals surface area contributed by atoms with Crippen LogP contribution < -0.4 is 0 Å². The number of morpholine rings is 1. The van der Waals surface area contributed by atoms with Gasteiger partial charge in [0.1, 0.15) is 11.7 Å². The maximum atomic E-state index is 13.3. The van der Waals surface area contributed by atoms with Gasteiger partial charge >= 0.3 is 6.09 Å². The number of halogens is 2. The van der Waals surface area contributed by atoms with E-state index in [-0.39, 0.29) is 30.2 Å². The molecule has 2 saturated heterocycles. The van der Waals surface area contributed by atoms with Gasteiger partial charge in [-0.15, -0.1) is 5.10 Å². The zero-order chi connectivity index (χ0) is 31.6. The number of hydrogen-bond acceptors (Lipinski definition) is 7. The third kappa shape index (κ3) is 7.90. The first-order valence-corrected chi connectivity index (χ1v) is 15.7. The number of carbonyl (C=O) groups is 2. The van der Waals surface area contributed by atoms with Crippen LogP contribution in [0.4, 0.5) is 4.79 Å². The van der Waals surface area contributed by atoms with E-state index < -0.39 is 5.60 Å². The fourth-order valence-corrected chi connectivity index (χ4v) is 6.00. The van der Waals surface area contributed by atoms with E-state index in [0.717, 1.165) is 16.8 Å². The summed E-state index contributed by atoms with van der Waals surface area (Å²) in [7, 11) is 0. The first-order chi connectivity index (χ1) is 20.9. The molecule has 2 aliphatic rings. The van der Waals surface area contributed by atoms with E-state index in [4.69, 9.17) is 32.7 Å². The minimum atomic E-state index is -0.518. The Morgan fingerprint density at radius 2 is 1.66 bits per heavy atom. The lowest BCUT2D eigenvalue weighted by molar-refractivity contribution is -0.0228. The van der Waals surface area contributed by atoms with Crippen molar-refractivity contribution < 1.29 is 19.1 Å². The van der Waals surface area contributed by atoms with Gasteiger partial charge in [-0.1, -0.05) is 46.6 Å².